The van der Waals surface area contributed by atoms with Gasteiger partial charge in [-0.05, 0) is 93.3 Å². The molecule has 0 amide bonds. The van der Waals surface area contributed by atoms with E-state index in [2.05, 4.69) is 13.8 Å². The second-order valence-corrected chi connectivity index (χ2v) is 9.87. The second kappa shape index (κ2) is 9.75. The Balaban J connectivity index is 1.40. The molecule has 0 aromatic carbocycles. The predicted molar refractivity (Wildman–Crippen MR) is 106 cm³/mol. The van der Waals surface area contributed by atoms with E-state index < -0.39 is 6.17 Å². The monoisotopic (exact) mass is 350 g/mol. The number of hydrogen-bond donors (Lipinski definition) is 0. The van der Waals surface area contributed by atoms with Crippen molar-refractivity contribution in [3.8, 4) is 0 Å². The average Bonchev–Trinajstić information content (AvgIpc) is 2.67. The third-order valence-electron chi connectivity index (χ3n) is 8.45. The highest BCUT2D eigenvalue weighted by molar-refractivity contribution is 4.89. The molecule has 0 heterocycles. The van der Waals surface area contributed by atoms with Gasteiger partial charge in [0.1, 0.15) is 6.17 Å². The molecule has 3 fully saturated rings. The molecule has 0 radical (unpaired) electrons. The van der Waals surface area contributed by atoms with Crippen LogP contribution in [0.3, 0.4) is 0 Å². The highest BCUT2D eigenvalue weighted by atomic mass is 19.1. The normalized spacial score (nSPS) is 43.1. The van der Waals surface area contributed by atoms with E-state index in [0.717, 1.165) is 24.2 Å². The molecule has 146 valence electrons. The van der Waals surface area contributed by atoms with Crippen LogP contribution in [0.1, 0.15) is 110 Å². The van der Waals surface area contributed by atoms with Crippen molar-refractivity contribution in [2.24, 2.45) is 35.5 Å². The van der Waals surface area contributed by atoms with Crippen LogP contribution in [-0.4, -0.2) is 6.17 Å². The fourth-order valence-electron chi connectivity index (χ4n) is 6.62. The number of halogens is 1. The van der Waals surface area contributed by atoms with Gasteiger partial charge in [0.15, 0.2) is 0 Å². The average molecular weight is 351 g/mol. The Bertz CT molecular complexity index is 362. The maximum atomic E-state index is 14.8. The number of unbranched alkanes of at least 4 members (excludes halogenated alkanes) is 1. The predicted octanol–water partition coefficient (Wildman–Crippen LogP) is 7.95. The van der Waals surface area contributed by atoms with Crippen molar-refractivity contribution in [3.63, 3.8) is 0 Å². The highest BCUT2D eigenvalue weighted by Crippen LogP contribution is 2.47. The van der Waals surface area contributed by atoms with Crippen molar-refractivity contribution in [1.29, 1.82) is 0 Å². The summed E-state index contributed by atoms with van der Waals surface area (Å²) in [7, 11) is 0. The Morgan fingerprint density at radius 2 is 1.24 bits per heavy atom. The summed E-state index contributed by atoms with van der Waals surface area (Å²) in [6.07, 6.45) is 19.6. The van der Waals surface area contributed by atoms with Crippen molar-refractivity contribution >= 4 is 0 Å². The smallest absolute Gasteiger partial charge is 0.103 e. The molecule has 0 saturated heterocycles. The lowest BCUT2D eigenvalue weighted by atomic mass is 9.64. The van der Waals surface area contributed by atoms with E-state index >= 15 is 0 Å². The molecule has 0 nitrogen and oxygen atoms in total. The van der Waals surface area contributed by atoms with Crippen LogP contribution in [0.25, 0.3) is 0 Å². The molecule has 3 aliphatic rings. The summed E-state index contributed by atoms with van der Waals surface area (Å²) in [6, 6.07) is 0. The van der Waals surface area contributed by atoms with E-state index in [-0.39, 0.29) is 0 Å². The Morgan fingerprint density at radius 3 is 1.80 bits per heavy atom. The Labute approximate surface area is 156 Å². The van der Waals surface area contributed by atoms with E-state index in [1.807, 2.05) is 0 Å². The van der Waals surface area contributed by atoms with Gasteiger partial charge in [-0.25, -0.2) is 4.39 Å². The van der Waals surface area contributed by atoms with Crippen LogP contribution >= 0.6 is 0 Å². The number of hydrogen-bond acceptors (Lipinski definition) is 0. The topological polar surface area (TPSA) is 0 Å². The molecule has 1 heteroatoms. The summed E-state index contributed by atoms with van der Waals surface area (Å²) in [5.41, 5.74) is 0. The summed E-state index contributed by atoms with van der Waals surface area (Å²) in [4.78, 5) is 0. The molecule has 3 saturated carbocycles. The van der Waals surface area contributed by atoms with Crippen molar-refractivity contribution in [2.75, 3.05) is 0 Å². The van der Waals surface area contributed by atoms with Gasteiger partial charge in [-0.15, -0.1) is 0 Å². The van der Waals surface area contributed by atoms with Crippen LogP contribution in [0.5, 0.6) is 0 Å². The first kappa shape index (κ1) is 19.7. The quantitative estimate of drug-likeness (QED) is 0.456. The summed E-state index contributed by atoms with van der Waals surface area (Å²) in [6.45, 7) is 4.62. The fourth-order valence-corrected chi connectivity index (χ4v) is 6.62. The summed E-state index contributed by atoms with van der Waals surface area (Å²) in [5, 5.41) is 0. The molecule has 0 spiro atoms. The zero-order chi connectivity index (χ0) is 17.6. The molecule has 0 aromatic heterocycles. The largest absolute Gasteiger partial charge is 0.247 e. The van der Waals surface area contributed by atoms with Gasteiger partial charge in [-0.3, -0.25) is 0 Å². The lowest BCUT2D eigenvalue weighted by Crippen LogP contribution is -2.35. The Kier molecular flexibility index (Phi) is 7.67. The van der Waals surface area contributed by atoms with Gasteiger partial charge in [-0.1, -0.05) is 52.4 Å². The van der Waals surface area contributed by atoms with E-state index in [9.17, 15) is 4.39 Å². The van der Waals surface area contributed by atoms with Gasteiger partial charge in [0.05, 0.1) is 0 Å². The van der Waals surface area contributed by atoms with Crippen LogP contribution < -0.4 is 0 Å². The number of alkyl halides is 1. The minimum Gasteiger partial charge on any atom is -0.247 e. The fraction of sp³-hybridized carbons (Fsp3) is 1.00. The third kappa shape index (κ3) is 5.23. The molecule has 3 unspecified atom stereocenters. The minimum absolute atomic E-state index is 0.412. The zero-order valence-corrected chi connectivity index (χ0v) is 17.0. The van der Waals surface area contributed by atoms with E-state index in [1.54, 1.807) is 0 Å². The van der Waals surface area contributed by atoms with Crippen molar-refractivity contribution in [2.45, 2.75) is 116 Å². The van der Waals surface area contributed by atoms with Gasteiger partial charge in [0, 0.05) is 0 Å². The molecule has 0 aromatic rings. The van der Waals surface area contributed by atoms with Gasteiger partial charge in [0.25, 0.3) is 0 Å². The van der Waals surface area contributed by atoms with Gasteiger partial charge >= 0.3 is 0 Å². The first-order valence-corrected chi connectivity index (χ1v) is 11.8. The maximum absolute atomic E-state index is 14.8. The molecule has 0 bridgehead atoms. The van der Waals surface area contributed by atoms with Crippen LogP contribution in [0.2, 0.25) is 0 Å². The van der Waals surface area contributed by atoms with Crippen LogP contribution in [-0.2, 0) is 0 Å². The van der Waals surface area contributed by atoms with Gasteiger partial charge in [0.2, 0.25) is 0 Å². The van der Waals surface area contributed by atoms with E-state index in [1.165, 1.54) is 89.9 Å². The number of rotatable bonds is 6. The standard InChI is InChI=1S/C24H43F/c1-3-5-6-19-9-16-23(24(25)17-19)22-14-12-21(13-15-22)20-10-7-18(4-2)8-11-20/h18-24H,3-17H2,1-2H3. The molecule has 3 atom stereocenters. The Hall–Kier alpha value is -0.0700. The lowest BCUT2D eigenvalue weighted by Gasteiger charge is -2.42. The molecule has 3 aliphatic carbocycles. The SMILES string of the molecule is CCCCC1CCC(C2CCC(C3CCC(CC)CC3)CC2)C(F)C1. The van der Waals surface area contributed by atoms with Crippen LogP contribution in [0.4, 0.5) is 4.39 Å². The first-order chi connectivity index (χ1) is 12.2. The molecular weight excluding hydrogens is 307 g/mol. The van der Waals surface area contributed by atoms with Crippen molar-refractivity contribution < 1.29 is 4.39 Å². The Morgan fingerprint density at radius 1 is 0.680 bits per heavy atom. The lowest BCUT2D eigenvalue weighted by molar-refractivity contribution is 0.0453. The minimum atomic E-state index is -0.489. The first-order valence-electron chi connectivity index (χ1n) is 11.8. The summed E-state index contributed by atoms with van der Waals surface area (Å²) >= 11 is 0. The molecule has 25 heavy (non-hydrogen) atoms. The van der Waals surface area contributed by atoms with E-state index in [0.29, 0.717) is 17.8 Å². The highest BCUT2D eigenvalue weighted by Gasteiger charge is 2.38. The maximum Gasteiger partial charge on any atom is 0.103 e. The van der Waals surface area contributed by atoms with Gasteiger partial charge < -0.3 is 0 Å². The van der Waals surface area contributed by atoms with Crippen LogP contribution in [0.15, 0.2) is 0 Å². The molecule has 3 rings (SSSR count). The third-order valence-corrected chi connectivity index (χ3v) is 8.45. The van der Waals surface area contributed by atoms with Crippen molar-refractivity contribution in [3.05, 3.63) is 0 Å². The zero-order valence-electron chi connectivity index (χ0n) is 17.0. The summed E-state index contributed by atoms with van der Waals surface area (Å²) < 4.78 is 14.8. The summed E-state index contributed by atoms with van der Waals surface area (Å²) in [5.74, 6) is 4.82. The van der Waals surface area contributed by atoms with Gasteiger partial charge in [-0.2, -0.15) is 0 Å². The van der Waals surface area contributed by atoms with E-state index in [4.69, 9.17) is 0 Å². The molecular formula is C24H43F. The second-order valence-electron chi connectivity index (χ2n) is 9.87. The molecule has 0 aliphatic heterocycles. The van der Waals surface area contributed by atoms with Crippen LogP contribution in [0, 0.1) is 35.5 Å². The molecule has 0 N–H and O–H groups in total. The van der Waals surface area contributed by atoms with Crippen molar-refractivity contribution in [1.82, 2.24) is 0 Å².